The van der Waals surface area contributed by atoms with Gasteiger partial charge in [-0.3, -0.25) is 9.58 Å². The van der Waals surface area contributed by atoms with Gasteiger partial charge in [0.1, 0.15) is 11.5 Å². The van der Waals surface area contributed by atoms with E-state index in [0.29, 0.717) is 6.61 Å². The molecule has 0 N–H and O–H groups in total. The first kappa shape index (κ1) is 21.4. The zero-order valence-electron chi connectivity index (χ0n) is 18.5. The Kier molecular flexibility index (Phi) is 7.22. The molecule has 2 aromatic carbocycles. The van der Waals surface area contributed by atoms with Gasteiger partial charge < -0.3 is 14.4 Å². The van der Waals surface area contributed by atoms with Gasteiger partial charge in [0, 0.05) is 69.2 Å². The Morgan fingerprint density at radius 2 is 1.81 bits per heavy atom. The molecule has 0 atom stereocenters. The molecule has 1 saturated heterocycles. The summed E-state index contributed by atoms with van der Waals surface area (Å²) in [7, 11) is 3.91. The van der Waals surface area contributed by atoms with Crippen LogP contribution in [-0.4, -0.2) is 66.5 Å². The van der Waals surface area contributed by atoms with Crippen LogP contribution in [0.25, 0.3) is 11.1 Å². The fourth-order valence-corrected chi connectivity index (χ4v) is 3.98. The Hall–Kier alpha value is -2.83. The summed E-state index contributed by atoms with van der Waals surface area (Å²) in [5, 5.41) is 4.26. The molecule has 0 amide bonds. The van der Waals surface area contributed by atoms with E-state index < -0.39 is 0 Å². The number of rotatable bonds is 9. The van der Waals surface area contributed by atoms with E-state index in [-0.39, 0.29) is 0 Å². The van der Waals surface area contributed by atoms with Crippen LogP contribution in [0.2, 0.25) is 0 Å². The molecule has 0 radical (unpaired) electrons. The molecule has 6 heteroatoms. The molecule has 0 unspecified atom stereocenters. The minimum Gasteiger partial charge on any atom is -0.496 e. The van der Waals surface area contributed by atoms with Gasteiger partial charge in [0.15, 0.2) is 0 Å². The lowest BCUT2D eigenvalue weighted by atomic mass is 10.0. The van der Waals surface area contributed by atoms with Gasteiger partial charge >= 0.3 is 0 Å². The number of methoxy groups -OCH3 is 1. The van der Waals surface area contributed by atoms with Crippen molar-refractivity contribution in [2.75, 3.05) is 46.9 Å². The second-order valence-corrected chi connectivity index (χ2v) is 8.07. The molecule has 1 aliphatic heterocycles. The summed E-state index contributed by atoms with van der Waals surface area (Å²) in [6, 6.07) is 16.6. The molecule has 0 spiro atoms. The SMILES string of the molecule is COc1ccccc1-c1ccc(OCCCn2cccn2)c(CN2CCN(C)CC2)c1. The average molecular weight is 421 g/mol. The monoisotopic (exact) mass is 420 g/mol. The second kappa shape index (κ2) is 10.5. The third kappa shape index (κ3) is 5.66. The van der Waals surface area contributed by atoms with Crippen molar-refractivity contribution in [2.45, 2.75) is 19.5 Å². The lowest BCUT2D eigenvalue weighted by Gasteiger charge is -2.32. The summed E-state index contributed by atoms with van der Waals surface area (Å²) < 4.78 is 13.8. The van der Waals surface area contributed by atoms with Crippen LogP contribution in [0.1, 0.15) is 12.0 Å². The number of piperazine rings is 1. The number of hydrogen-bond donors (Lipinski definition) is 0. The van der Waals surface area contributed by atoms with Gasteiger partial charge in [-0.05, 0) is 36.9 Å². The Morgan fingerprint density at radius 3 is 2.58 bits per heavy atom. The standard InChI is InChI=1S/C25H32N4O2/c1-27-14-16-28(17-15-27)20-22-19-21(23-7-3-4-8-25(23)30-2)9-10-24(22)31-18-6-13-29-12-5-11-26-29/h3-5,7-12,19H,6,13-18,20H2,1-2H3. The first-order valence-corrected chi connectivity index (χ1v) is 11.0. The van der Waals surface area contributed by atoms with E-state index in [4.69, 9.17) is 9.47 Å². The number of ether oxygens (including phenoxy) is 2. The van der Waals surface area contributed by atoms with Crippen LogP contribution in [0.4, 0.5) is 0 Å². The number of aryl methyl sites for hydroxylation is 1. The number of likely N-dealkylation sites (N-methyl/N-ethyl adjacent to an activating group) is 1. The lowest BCUT2D eigenvalue weighted by molar-refractivity contribution is 0.146. The van der Waals surface area contributed by atoms with E-state index in [2.05, 4.69) is 52.3 Å². The van der Waals surface area contributed by atoms with E-state index in [1.807, 2.05) is 35.3 Å². The number of benzene rings is 2. The maximum Gasteiger partial charge on any atom is 0.126 e. The molecule has 4 rings (SSSR count). The van der Waals surface area contributed by atoms with Crippen LogP contribution in [0, 0.1) is 0 Å². The topological polar surface area (TPSA) is 42.8 Å². The van der Waals surface area contributed by atoms with E-state index in [1.54, 1.807) is 7.11 Å². The van der Waals surface area contributed by atoms with Crippen LogP contribution in [0.5, 0.6) is 11.5 Å². The van der Waals surface area contributed by atoms with Crippen molar-refractivity contribution in [1.82, 2.24) is 19.6 Å². The summed E-state index contributed by atoms with van der Waals surface area (Å²) in [6.07, 6.45) is 4.72. The minimum absolute atomic E-state index is 0.670. The molecule has 31 heavy (non-hydrogen) atoms. The van der Waals surface area contributed by atoms with Gasteiger partial charge in [-0.1, -0.05) is 24.3 Å². The first-order chi connectivity index (χ1) is 15.2. The molecular formula is C25H32N4O2. The molecule has 164 valence electrons. The largest absolute Gasteiger partial charge is 0.496 e. The number of hydrogen-bond acceptors (Lipinski definition) is 5. The highest BCUT2D eigenvalue weighted by molar-refractivity contribution is 5.71. The molecule has 2 heterocycles. The van der Waals surface area contributed by atoms with Crippen LogP contribution in [0.15, 0.2) is 60.9 Å². The highest BCUT2D eigenvalue weighted by Gasteiger charge is 2.17. The summed E-state index contributed by atoms with van der Waals surface area (Å²) in [5.74, 6) is 1.86. The van der Waals surface area contributed by atoms with Gasteiger partial charge in [-0.25, -0.2) is 0 Å². The van der Waals surface area contributed by atoms with E-state index in [9.17, 15) is 0 Å². The van der Waals surface area contributed by atoms with E-state index in [0.717, 1.165) is 68.3 Å². The third-order valence-electron chi connectivity index (χ3n) is 5.82. The Morgan fingerprint density at radius 1 is 0.968 bits per heavy atom. The molecule has 3 aromatic rings. The van der Waals surface area contributed by atoms with Crippen molar-refractivity contribution in [3.05, 3.63) is 66.5 Å². The van der Waals surface area contributed by atoms with Gasteiger partial charge in [-0.15, -0.1) is 0 Å². The number of nitrogens with zero attached hydrogens (tertiary/aromatic N) is 4. The Bertz CT molecular complexity index is 950. The lowest BCUT2D eigenvalue weighted by Crippen LogP contribution is -2.43. The summed E-state index contributed by atoms with van der Waals surface area (Å²) in [4.78, 5) is 4.90. The zero-order chi connectivity index (χ0) is 21.5. The third-order valence-corrected chi connectivity index (χ3v) is 5.82. The normalized spacial score (nSPS) is 15.2. The number of para-hydroxylation sites is 1. The highest BCUT2D eigenvalue weighted by Crippen LogP contribution is 2.33. The quantitative estimate of drug-likeness (QED) is 0.493. The van der Waals surface area contributed by atoms with E-state index >= 15 is 0 Å². The predicted octanol–water partition coefficient (Wildman–Crippen LogP) is 3.78. The highest BCUT2D eigenvalue weighted by atomic mass is 16.5. The summed E-state index contributed by atoms with van der Waals surface area (Å²) >= 11 is 0. The van der Waals surface area contributed by atoms with Crippen LogP contribution >= 0.6 is 0 Å². The van der Waals surface area contributed by atoms with Crippen LogP contribution in [-0.2, 0) is 13.1 Å². The van der Waals surface area contributed by atoms with Crippen molar-refractivity contribution in [2.24, 2.45) is 0 Å². The molecule has 1 fully saturated rings. The number of aromatic nitrogens is 2. The van der Waals surface area contributed by atoms with Crippen molar-refractivity contribution in [3.8, 4) is 22.6 Å². The maximum atomic E-state index is 6.24. The smallest absolute Gasteiger partial charge is 0.126 e. The van der Waals surface area contributed by atoms with Gasteiger partial charge in [0.25, 0.3) is 0 Å². The van der Waals surface area contributed by atoms with Crippen LogP contribution in [0.3, 0.4) is 0 Å². The fourth-order valence-electron chi connectivity index (χ4n) is 3.98. The second-order valence-electron chi connectivity index (χ2n) is 8.07. The van der Waals surface area contributed by atoms with Crippen molar-refractivity contribution < 1.29 is 9.47 Å². The predicted molar refractivity (Wildman–Crippen MR) is 124 cm³/mol. The fraction of sp³-hybridized carbons (Fsp3) is 0.400. The van der Waals surface area contributed by atoms with Crippen molar-refractivity contribution >= 4 is 0 Å². The molecule has 0 saturated carbocycles. The van der Waals surface area contributed by atoms with Gasteiger partial charge in [0.2, 0.25) is 0 Å². The molecule has 1 aromatic heterocycles. The Balaban J connectivity index is 1.51. The minimum atomic E-state index is 0.670. The average Bonchev–Trinajstić information content (AvgIpc) is 3.32. The molecule has 6 nitrogen and oxygen atoms in total. The summed E-state index contributed by atoms with van der Waals surface area (Å²) in [6.45, 7) is 6.79. The maximum absolute atomic E-state index is 6.24. The Labute approximate surface area is 185 Å². The van der Waals surface area contributed by atoms with Crippen molar-refractivity contribution in [1.29, 1.82) is 0 Å². The van der Waals surface area contributed by atoms with Gasteiger partial charge in [0.05, 0.1) is 13.7 Å². The molecular weight excluding hydrogens is 388 g/mol. The molecule has 0 aliphatic carbocycles. The summed E-state index contributed by atoms with van der Waals surface area (Å²) in [5.41, 5.74) is 3.49. The zero-order valence-corrected chi connectivity index (χ0v) is 18.5. The van der Waals surface area contributed by atoms with Crippen molar-refractivity contribution in [3.63, 3.8) is 0 Å². The molecule has 1 aliphatic rings. The molecule has 0 bridgehead atoms. The van der Waals surface area contributed by atoms with E-state index in [1.165, 1.54) is 5.56 Å². The first-order valence-electron chi connectivity index (χ1n) is 11.0. The van der Waals surface area contributed by atoms with Crippen LogP contribution < -0.4 is 9.47 Å². The van der Waals surface area contributed by atoms with Gasteiger partial charge in [-0.2, -0.15) is 5.10 Å².